The molecule has 2 N–H and O–H groups in total. The highest BCUT2D eigenvalue weighted by atomic mass is 32.1. The van der Waals surface area contributed by atoms with Crippen LogP contribution in [0.5, 0.6) is 0 Å². The predicted molar refractivity (Wildman–Crippen MR) is 199 cm³/mol. The normalized spacial score (nSPS) is 18.0. The molecule has 2 aromatic rings. The number of carbonyl (C=O) groups excluding carboxylic acids is 4. The van der Waals surface area contributed by atoms with Gasteiger partial charge in [0.05, 0.1) is 18.6 Å². The molecule has 1 aliphatic rings. The van der Waals surface area contributed by atoms with E-state index in [2.05, 4.69) is 15.2 Å². The summed E-state index contributed by atoms with van der Waals surface area (Å²) in [6, 6.07) is 8.41. The molecule has 3 rings (SSSR count). The second-order valence-corrected chi connectivity index (χ2v) is 15.3. The summed E-state index contributed by atoms with van der Waals surface area (Å²) in [6.45, 7) is 11.0. The number of ketones is 2. The molecule has 282 valence electrons. The number of amides is 2. The number of hydrogen-bond donors (Lipinski definition) is 2. The van der Waals surface area contributed by atoms with Gasteiger partial charge in [-0.15, -0.1) is 11.3 Å². The first-order chi connectivity index (χ1) is 24.3. The van der Waals surface area contributed by atoms with E-state index in [-0.39, 0.29) is 78.5 Å². The fourth-order valence-electron chi connectivity index (χ4n) is 6.86. The van der Waals surface area contributed by atoms with Crippen molar-refractivity contribution in [3.05, 3.63) is 52.0 Å². The first-order valence-corrected chi connectivity index (χ1v) is 19.2. The molecule has 12 heteroatoms. The van der Waals surface area contributed by atoms with E-state index in [1.54, 1.807) is 18.9 Å². The molecule has 51 heavy (non-hydrogen) atoms. The summed E-state index contributed by atoms with van der Waals surface area (Å²) in [7, 11) is 3.55. The van der Waals surface area contributed by atoms with Gasteiger partial charge in [-0.1, -0.05) is 77.8 Å². The summed E-state index contributed by atoms with van der Waals surface area (Å²) < 4.78 is 5.39. The quantitative estimate of drug-likeness (QED) is 0.153. The number of carbonyl (C=O) groups is 5. The Morgan fingerprint density at radius 2 is 1.78 bits per heavy atom. The van der Waals surface area contributed by atoms with Crippen LogP contribution in [-0.4, -0.2) is 101 Å². The lowest BCUT2D eigenvalue weighted by Crippen LogP contribution is -2.51. The fourth-order valence-corrected chi connectivity index (χ4v) is 7.61. The lowest BCUT2D eigenvalue weighted by Gasteiger charge is -2.38. The molecule has 3 unspecified atom stereocenters. The molecular weight excluding hydrogens is 669 g/mol. The zero-order valence-corrected chi connectivity index (χ0v) is 32.2. The highest BCUT2D eigenvalue weighted by Crippen LogP contribution is 2.29. The summed E-state index contributed by atoms with van der Waals surface area (Å²) in [5, 5.41) is 14.1. The molecule has 11 nitrogen and oxygen atoms in total. The second-order valence-electron chi connectivity index (χ2n) is 14.5. The molecule has 6 atom stereocenters. The van der Waals surface area contributed by atoms with Gasteiger partial charge in [-0.3, -0.25) is 28.9 Å². The number of thiazole rings is 1. The molecule has 0 aliphatic carbocycles. The Morgan fingerprint density at radius 1 is 1.08 bits per heavy atom. The number of carboxylic acid groups (broad SMARTS) is 1. The monoisotopic (exact) mass is 726 g/mol. The molecular formula is C39H58N4O7S. The van der Waals surface area contributed by atoms with Crippen LogP contribution < -0.4 is 5.32 Å². The van der Waals surface area contributed by atoms with Crippen molar-refractivity contribution in [3.63, 3.8) is 0 Å². The van der Waals surface area contributed by atoms with E-state index < -0.39 is 35.8 Å². The van der Waals surface area contributed by atoms with Crippen molar-refractivity contribution in [2.75, 3.05) is 33.9 Å². The van der Waals surface area contributed by atoms with Crippen LogP contribution in [0, 0.1) is 23.7 Å². The van der Waals surface area contributed by atoms with E-state index in [9.17, 15) is 29.1 Å². The summed E-state index contributed by atoms with van der Waals surface area (Å²) >= 11 is 1.07. The molecule has 1 aromatic heterocycles. The average molecular weight is 727 g/mol. The maximum Gasteiger partial charge on any atom is 0.306 e. The number of aromatic nitrogens is 1. The van der Waals surface area contributed by atoms with Crippen molar-refractivity contribution in [2.45, 2.75) is 104 Å². The standard InChI is InChI=1S/C39H58N4O7S/c1-8-26(4)30(22-34(44)32-16-12-13-17-42(32)6)38(47)43(18-19-50-7)33(25(2)3)23-35(45)37-41-31(24-51-37)36(46)40-29(20-27(5)39(48)49)21-28-14-10-9-11-15-28/h9-11,14-15,24-27,29-30,32-33H,8,12-13,16-23H2,1-7H3,(H,40,46)(H,48,49)/t26?,27-,29+,30?,32?,33+/m0/s1. The van der Waals surface area contributed by atoms with Crippen molar-refractivity contribution >= 4 is 40.7 Å². The number of ether oxygens (including phenoxy) is 1. The molecule has 0 radical (unpaired) electrons. The van der Waals surface area contributed by atoms with Gasteiger partial charge in [0.1, 0.15) is 5.69 Å². The van der Waals surface area contributed by atoms with Crippen molar-refractivity contribution in [3.8, 4) is 0 Å². The number of likely N-dealkylation sites (tertiary alicyclic amines) is 1. The van der Waals surface area contributed by atoms with Crippen LogP contribution in [0.1, 0.15) is 105 Å². The number of nitrogens with one attached hydrogen (secondary N) is 1. The summed E-state index contributed by atoms with van der Waals surface area (Å²) in [5.74, 6) is -3.07. The van der Waals surface area contributed by atoms with Crippen LogP contribution in [0.25, 0.3) is 0 Å². The third-order valence-corrected chi connectivity index (χ3v) is 11.2. The number of methoxy groups -OCH3 is 1. The average Bonchev–Trinajstić information content (AvgIpc) is 3.61. The van der Waals surface area contributed by atoms with Gasteiger partial charge in [0.2, 0.25) is 5.91 Å². The maximum atomic E-state index is 14.4. The molecule has 1 aromatic carbocycles. The Morgan fingerprint density at radius 3 is 2.39 bits per heavy atom. The van der Waals surface area contributed by atoms with Gasteiger partial charge in [0, 0.05) is 49.9 Å². The minimum absolute atomic E-state index is 0.000979. The smallest absolute Gasteiger partial charge is 0.306 e. The van der Waals surface area contributed by atoms with Crippen molar-refractivity contribution in [1.29, 1.82) is 0 Å². The Kier molecular flexibility index (Phi) is 16.9. The summed E-state index contributed by atoms with van der Waals surface area (Å²) in [5.41, 5.74) is 1.05. The topological polar surface area (TPSA) is 146 Å². The van der Waals surface area contributed by atoms with Crippen LogP contribution in [0.15, 0.2) is 35.7 Å². The van der Waals surface area contributed by atoms with Crippen LogP contribution in [0.3, 0.4) is 0 Å². The van der Waals surface area contributed by atoms with Gasteiger partial charge in [-0.2, -0.15) is 0 Å². The first kappa shape index (κ1) is 41.9. The van der Waals surface area contributed by atoms with Crippen molar-refractivity contribution in [1.82, 2.24) is 20.1 Å². The number of benzene rings is 1. The van der Waals surface area contributed by atoms with Gasteiger partial charge in [0.25, 0.3) is 5.91 Å². The van der Waals surface area contributed by atoms with Crippen molar-refractivity contribution in [2.24, 2.45) is 23.7 Å². The zero-order valence-electron chi connectivity index (χ0n) is 31.4. The van der Waals surface area contributed by atoms with Gasteiger partial charge in [-0.05, 0) is 56.7 Å². The van der Waals surface area contributed by atoms with E-state index in [0.717, 1.165) is 49.1 Å². The number of Topliss-reactive ketones (excluding diaryl/α,β-unsaturated/α-hetero) is 2. The van der Waals surface area contributed by atoms with Gasteiger partial charge in [-0.25, -0.2) is 4.98 Å². The number of nitrogens with zero attached hydrogens (tertiary/aromatic N) is 3. The van der Waals surface area contributed by atoms with Crippen LogP contribution in [0.4, 0.5) is 0 Å². The molecule has 1 saturated heterocycles. The minimum Gasteiger partial charge on any atom is -0.481 e. The Balaban J connectivity index is 1.79. The van der Waals surface area contributed by atoms with Crippen LogP contribution >= 0.6 is 11.3 Å². The van der Waals surface area contributed by atoms with Crippen LogP contribution in [0.2, 0.25) is 0 Å². The summed E-state index contributed by atoms with van der Waals surface area (Å²) in [4.78, 5) is 75.0. The van der Waals surface area contributed by atoms with E-state index in [1.165, 1.54) is 5.38 Å². The van der Waals surface area contributed by atoms with E-state index in [4.69, 9.17) is 4.74 Å². The lowest BCUT2D eigenvalue weighted by atomic mass is 9.82. The Hall–Kier alpha value is -3.48. The molecule has 2 amide bonds. The molecule has 0 saturated carbocycles. The van der Waals surface area contributed by atoms with Gasteiger partial charge >= 0.3 is 5.97 Å². The number of carboxylic acids is 1. The van der Waals surface area contributed by atoms with Gasteiger partial charge in [0.15, 0.2) is 16.6 Å². The fraction of sp³-hybridized carbons (Fsp3) is 0.641. The lowest BCUT2D eigenvalue weighted by molar-refractivity contribution is -0.144. The molecule has 2 heterocycles. The van der Waals surface area contributed by atoms with E-state index in [0.29, 0.717) is 6.42 Å². The number of aliphatic carboxylic acids is 1. The summed E-state index contributed by atoms with van der Waals surface area (Å²) in [6.07, 6.45) is 4.44. The third-order valence-electron chi connectivity index (χ3n) is 10.3. The van der Waals surface area contributed by atoms with Crippen molar-refractivity contribution < 1.29 is 33.8 Å². The molecule has 0 bridgehead atoms. The van der Waals surface area contributed by atoms with Crippen LogP contribution in [-0.2, 0) is 25.5 Å². The molecule has 1 aliphatic heterocycles. The SMILES string of the molecule is CCC(C)C(CC(=O)C1CCCCN1C)C(=O)N(CCOC)[C@H](CC(=O)c1nc(C(=O)N[C@@H](Cc2ccccc2)C[C@H](C)C(=O)O)cs1)C(C)C. The molecule has 0 spiro atoms. The Bertz CT molecular complexity index is 1450. The number of hydrogen-bond acceptors (Lipinski definition) is 9. The predicted octanol–water partition coefficient (Wildman–Crippen LogP) is 5.77. The number of likely N-dealkylation sites (N-methyl/N-ethyl adjacent to an activating group) is 1. The largest absolute Gasteiger partial charge is 0.481 e. The zero-order chi connectivity index (χ0) is 37.7. The van der Waals surface area contributed by atoms with E-state index >= 15 is 0 Å². The van der Waals surface area contributed by atoms with E-state index in [1.807, 2.05) is 65.1 Å². The highest BCUT2D eigenvalue weighted by Gasteiger charge is 2.38. The second kappa shape index (κ2) is 20.5. The van der Waals surface area contributed by atoms with Gasteiger partial charge < -0.3 is 20.1 Å². The molecule has 1 fully saturated rings. The number of rotatable bonds is 21. The first-order valence-electron chi connectivity index (χ1n) is 18.4. The minimum atomic E-state index is -0.944. The third kappa shape index (κ3) is 12.3. The Labute approximate surface area is 307 Å². The maximum absolute atomic E-state index is 14.4. The highest BCUT2D eigenvalue weighted by molar-refractivity contribution is 7.12. The number of piperidine rings is 1.